The molecule has 2 aromatic heterocycles. The zero-order valence-corrected chi connectivity index (χ0v) is 41.2. The lowest BCUT2D eigenvalue weighted by Crippen LogP contribution is -2.30. The third-order valence-corrected chi connectivity index (χ3v) is 13.3. The summed E-state index contributed by atoms with van der Waals surface area (Å²) in [4.78, 5) is 30.0. The van der Waals surface area contributed by atoms with Gasteiger partial charge in [-0.25, -0.2) is 29.9 Å². The Labute approximate surface area is 411 Å². The molecule has 7 heteroatoms. The number of hydrogen-bond acceptors (Lipinski definition) is 7. The molecule has 0 saturated heterocycles. The van der Waals surface area contributed by atoms with Gasteiger partial charge in [-0.05, 0) is 51.7 Å². The molecule has 0 bridgehead atoms. The van der Waals surface area contributed by atoms with Crippen molar-refractivity contribution in [3.8, 4) is 85.2 Å². The number of nitrogens with zero attached hydrogens (tertiary/aromatic N) is 6. The number of fused-ring (bicyclic) bond motifs is 1. The quantitative estimate of drug-likeness (QED) is 0.135. The summed E-state index contributed by atoms with van der Waals surface area (Å²) in [6.45, 7) is 17.4. The Morgan fingerprint density at radius 2 is 0.757 bits per heavy atom. The van der Waals surface area contributed by atoms with Gasteiger partial charge in [-0.15, -0.1) is 0 Å². The highest BCUT2D eigenvalue weighted by Crippen LogP contribution is 2.52. The van der Waals surface area contributed by atoms with Crippen LogP contribution in [-0.4, -0.2) is 29.9 Å². The molecule has 0 atom stereocenters. The number of aryl methyl sites for hydroxylation is 4. The molecule has 0 fully saturated rings. The van der Waals surface area contributed by atoms with Crippen LogP contribution in [0.5, 0.6) is 5.75 Å². The summed E-state index contributed by atoms with van der Waals surface area (Å²) < 4.78 is 7.29. The lowest BCUT2D eigenvalue weighted by molar-refractivity contribution is 0.374. The number of hydrogen-bond donors (Lipinski definition) is 0. The fourth-order valence-electron chi connectivity index (χ4n) is 9.18. The van der Waals surface area contributed by atoms with E-state index < -0.39 is 0 Å². The molecular weight excluding hydrogens is 857 g/mol. The van der Waals surface area contributed by atoms with Gasteiger partial charge >= 0.3 is 0 Å². The molecule has 1 aliphatic rings. The highest BCUT2D eigenvalue weighted by molar-refractivity contribution is 5.81. The van der Waals surface area contributed by atoms with E-state index in [1.807, 2.05) is 0 Å². The van der Waals surface area contributed by atoms with Crippen LogP contribution in [0, 0.1) is 27.7 Å². The molecule has 0 N–H and O–H groups in total. The van der Waals surface area contributed by atoms with Gasteiger partial charge in [-0.2, -0.15) is 0 Å². The smallest absolute Gasteiger partial charge is 0.164 e. The summed E-state index contributed by atoms with van der Waals surface area (Å²) in [5, 5.41) is 0. The average Bonchev–Trinajstić information content (AvgIpc) is 3.38. The van der Waals surface area contributed by atoms with Gasteiger partial charge < -0.3 is 4.74 Å². The van der Waals surface area contributed by atoms with Crippen LogP contribution in [0.2, 0.25) is 0 Å². The molecule has 0 radical (unpaired) electrons. The van der Waals surface area contributed by atoms with Crippen LogP contribution in [0.3, 0.4) is 0 Å². The van der Waals surface area contributed by atoms with Gasteiger partial charge in [0.25, 0.3) is 0 Å². The maximum Gasteiger partial charge on any atom is 0.164 e. The van der Waals surface area contributed by atoms with Crippen LogP contribution in [0.1, 0.15) is 73.9 Å². The molecule has 70 heavy (non-hydrogen) atoms. The van der Waals surface area contributed by atoms with Crippen LogP contribution >= 0.6 is 0 Å². The molecule has 0 saturated carbocycles. The van der Waals surface area contributed by atoms with Crippen molar-refractivity contribution in [1.82, 2.24) is 29.9 Å². The van der Waals surface area contributed by atoms with E-state index in [1.54, 1.807) is 0 Å². The summed E-state index contributed by atoms with van der Waals surface area (Å²) in [7, 11) is 0. The zero-order chi connectivity index (χ0) is 48.5. The van der Waals surface area contributed by atoms with E-state index in [-0.39, 0.29) is 5.41 Å². The van der Waals surface area contributed by atoms with E-state index in [0.29, 0.717) is 34.9 Å². The molecule has 0 aliphatic carbocycles. The summed E-state index contributed by atoms with van der Waals surface area (Å²) in [6.07, 6.45) is 3.97. The van der Waals surface area contributed by atoms with Gasteiger partial charge in [0.05, 0.1) is 0 Å². The predicted molar refractivity (Wildman–Crippen MR) is 286 cm³/mol. The van der Waals surface area contributed by atoms with Crippen LogP contribution in [0.4, 0.5) is 0 Å². The van der Waals surface area contributed by atoms with Crippen LogP contribution in [0.25, 0.3) is 85.0 Å². The minimum atomic E-state index is -0.345. The van der Waals surface area contributed by atoms with E-state index in [1.165, 1.54) is 27.8 Å². The number of aromatic nitrogens is 6. The topological polar surface area (TPSA) is 86.6 Å². The minimum absolute atomic E-state index is 0.345. The summed E-state index contributed by atoms with van der Waals surface area (Å²) in [5.74, 6) is 5.57. The second-order valence-corrected chi connectivity index (χ2v) is 18.8. The standard InChI is InChI=1S/C63H56N6O/c1-9-12-53-55(51(10-2)43-31-35-49(36-32-43)61-66-57(45-23-15-39(3)16-24-45)64-58(67-61)46-25-17-40(4)18-26-46)70-56-52(13-11-14-54(56)63(53,7)8)44-33-37-50(38-34-44)62-68-59(47-27-19-41(5)20-28-47)65-60(69-62)48-29-21-42(6)22-30-48/h11-38H,9-10H2,1-8H3/b53-12?,55-51-. The maximum absolute atomic E-state index is 7.29. The molecule has 0 spiro atoms. The largest absolute Gasteiger partial charge is 0.456 e. The van der Waals surface area contributed by atoms with Crippen LogP contribution < -0.4 is 4.74 Å². The van der Waals surface area contributed by atoms with Crippen molar-refractivity contribution >= 4 is 5.57 Å². The highest BCUT2D eigenvalue weighted by Gasteiger charge is 2.39. The normalized spacial score (nSPS) is 14.3. The van der Waals surface area contributed by atoms with Crippen molar-refractivity contribution in [2.75, 3.05) is 0 Å². The van der Waals surface area contributed by atoms with Crippen molar-refractivity contribution in [2.24, 2.45) is 0 Å². The second-order valence-electron chi connectivity index (χ2n) is 18.8. The number of rotatable bonds is 10. The first-order valence-electron chi connectivity index (χ1n) is 24.2. The molecule has 3 heterocycles. The van der Waals surface area contributed by atoms with E-state index in [0.717, 1.165) is 85.6 Å². The third-order valence-electron chi connectivity index (χ3n) is 13.3. The molecule has 0 amide bonds. The van der Waals surface area contributed by atoms with E-state index in [2.05, 4.69) is 225 Å². The van der Waals surface area contributed by atoms with Gasteiger partial charge in [-0.1, -0.05) is 220 Å². The lowest BCUT2D eigenvalue weighted by Gasteiger charge is -2.39. The van der Waals surface area contributed by atoms with Gasteiger partial charge in [-0.3, -0.25) is 0 Å². The first-order valence-corrected chi connectivity index (χ1v) is 24.2. The fraction of sp³-hybridized carbons (Fsp3) is 0.175. The van der Waals surface area contributed by atoms with Crippen LogP contribution in [0.15, 0.2) is 181 Å². The summed E-state index contributed by atoms with van der Waals surface area (Å²) in [5.41, 5.74) is 16.6. The first kappa shape index (κ1) is 45.6. The molecule has 10 rings (SSSR count). The zero-order valence-electron chi connectivity index (χ0n) is 41.2. The summed E-state index contributed by atoms with van der Waals surface area (Å²) >= 11 is 0. The maximum atomic E-state index is 7.29. The molecule has 9 aromatic rings. The Hall–Kier alpha value is -8.16. The van der Waals surface area contributed by atoms with E-state index >= 15 is 0 Å². The minimum Gasteiger partial charge on any atom is -0.456 e. The lowest BCUT2D eigenvalue weighted by atomic mass is 9.72. The highest BCUT2D eigenvalue weighted by atomic mass is 16.5. The molecule has 7 nitrogen and oxygen atoms in total. The van der Waals surface area contributed by atoms with Gasteiger partial charge in [0.2, 0.25) is 0 Å². The van der Waals surface area contributed by atoms with Gasteiger partial charge in [0.15, 0.2) is 34.9 Å². The molecule has 344 valence electrons. The Balaban J connectivity index is 1.02. The second kappa shape index (κ2) is 19.1. The predicted octanol–water partition coefficient (Wildman–Crippen LogP) is 15.8. The summed E-state index contributed by atoms with van der Waals surface area (Å²) in [6, 6.07) is 56.9. The van der Waals surface area contributed by atoms with Crippen molar-refractivity contribution in [3.63, 3.8) is 0 Å². The Morgan fingerprint density at radius 3 is 1.10 bits per heavy atom. The monoisotopic (exact) mass is 912 g/mol. The molecule has 0 unspecified atom stereocenters. The Bertz CT molecular complexity index is 3300. The third kappa shape index (κ3) is 9.11. The van der Waals surface area contributed by atoms with E-state index in [4.69, 9.17) is 34.6 Å². The van der Waals surface area contributed by atoms with Crippen molar-refractivity contribution in [1.29, 1.82) is 0 Å². The van der Waals surface area contributed by atoms with Crippen molar-refractivity contribution in [2.45, 2.75) is 73.6 Å². The molecular formula is C63H56N6O. The fourth-order valence-corrected chi connectivity index (χ4v) is 9.18. The number of ether oxygens (including phenoxy) is 1. The Morgan fingerprint density at radius 1 is 0.429 bits per heavy atom. The van der Waals surface area contributed by atoms with E-state index in [9.17, 15) is 0 Å². The van der Waals surface area contributed by atoms with Crippen molar-refractivity contribution in [3.05, 3.63) is 215 Å². The van der Waals surface area contributed by atoms with Crippen LogP contribution in [-0.2, 0) is 5.41 Å². The number of para-hydroxylation sites is 1. The van der Waals surface area contributed by atoms with Gasteiger partial charge in [0.1, 0.15) is 11.5 Å². The van der Waals surface area contributed by atoms with Crippen molar-refractivity contribution < 1.29 is 4.74 Å². The Kier molecular flexibility index (Phi) is 12.4. The van der Waals surface area contributed by atoms with Gasteiger partial charge in [0, 0.05) is 61.1 Å². The SMILES string of the molecule is CCC=C1/C(=C(\CC)c2ccc(-c3nc(-c4ccc(C)cc4)nc(-c4ccc(C)cc4)n3)cc2)Oc2c(-c3ccc(-c4nc(-c5ccc(C)cc5)nc(-c5ccc(C)cc5)n4)cc3)cccc2C1(C)C. The number of allylic oxidation sites excluding steroid dienone is 3. The molecule has 7 aromatic carbocycles. The average molecular weight is 913 g/mol. The molecule has 1 aliphatic heterocycles. The number of benzene rings is 7. The first-order chi connectivity index (χ1) is 33.9.